The number of aromatic nitrogens is 1. The summed E-state index contributed by atoms with van der Waals surface area (Å²) < 4.78 is 19.5. The summed E-state index contributed by atoms with van der Waals surface area (Å²) >= 11 is 0. The van der Waals surface area contributed by atoms with E-state index in [1.807, 2.05) is 66.7 Å². The number of pyridine rings is 1. The van der Waals surface area contributed by atoms with Crippen molar-refractivity contribution in [3.63, 3.8) is 0 Å². The molecule has 23 heavy (non-hydrogen) atoms. The summed E-state index contributed by atoms with van der Waals surface area (Å²) in [6.07, 6.45) is 2.85. The van der Waals surface area contributed by atoms with Crippen LogP contribution in [0.4, 0.5) is 0 Å². The van der Waals surface area contributed by atoms with Crippen molar-refractivity contribution in [2.24, 2.45) is 0 Å². The molecule has 4 rings (SSSR count). The van der Waals surface area contributed by atoms with Crippen LogP contribution in [0.15, 0.2) is 72.9 Å². The molecule has 0 N–H and O–H groups in total. The molecule has 1 atom stereocenters. The zero-order chi connectivity index (χ0) is 15.7. The van der Waals surface area contributed by atoms with E-state index in [0.717, 1.165) is 22.1 Å². The molecule has 3 aromatic rings. The predicted molar refractivity (Wildman–Crippen MR) is 92.6 cm³/mol. The Morgan fingerprint density at radius 3 is 2.43 bits per heavy atom. The van der Waals surface area contributed by atoms with Gasteiger partial charge in [0.1, 0.15) is 5.75 Å². The number of benzene rings is 2. The van der Waals surface area contributed by atoms with Crippen LogP contribution >= 0.6 is 7.37 Å². The molecule has 0 amide bonds. The third-order valence-corrected chi connectivity index (χ3v) is 6.51. The average Bonchev–Trinajstić information content (AvgIpc) is 2.61. The van der Waals surface area contributed by atoms with Crippen LogP contribution in [0.25, 0.3) is 11.1 Å². The van der Waals surface area contributed by atoms with Gasteiger partial charge >= 0.3 is 0 Å². The molecule has 1 aromatic heterocycles. The van der Waals surface area contributed by atoms with Crippen LogP contribution in [0.1, 0.15) is 5.69 Å². The lowest BCUT2D eigenvalue weighted by atomic mass is 10.0. The minimum Gasteiger partial charge on any atom is -0.439 e. The lowest BCUT2D eigenvalue weighted by molar-refractivity contribution is 0.490. The first-order valence-electron chi connectivity index (χ1n) is 7.64. The summed E-state index contributed by atoms with van der Waals surface area (Å²) in [6.45, 7) is 0. The Balaban J connectivity index is 1.74. The van der Waals surface area contributed by atoms with Gasteiger partial charge in [-0.05, 0) is 36.2 Å². The first-order chi connectivity index (χ1) is 11.3. The molecule has 0 spiro atoms. The summed E-state index contributed by atoms with van der Waals surface area (Å²) in [6, 6.07) is 21.4. The average molecular weight is 321 g/mol. The van der Waals surface area contributed by atoms with Crippen LogP contribution in [0, 0.1) is 0 Å². The Hall–Kier alpha value is -2.38. The van der Waals surface area contributed by atoms with Gasteiger partial charge in [-0.15, -0.1) is 0 Å². The minimum atomic E-state index is -2.94. The number of fused-ring (bicyclic) bond motifs is 3. The van der Waals surface area contributed by atoms with Gasteiger partial charge in [0.05, 0.1) is 5.30 Å². The third-order valence-electron chi connectivity index (χ3n) is 4.08. The van der Waals surface area contributed by atoms with Crippen molar-refractivity contribution in [2.45, 2.75) is 6.42 Å². The zero-order valence-corrected chi connectivity index (χ0v) is 13.4. The molecule has 0 saturated heterocycles. The molecule has 4 heteroatoms. The van der Waals surface area contributed by atoms with E-state index in [2.05, 4.69) is 4.98 Å². The summed E-state index contributed by atoms with van der Waals surface area (Å²) in [5, 5.41) is 0.814. The second-order valence-corrected chi connectivity index (χ2v) is 8.03. The van der Waals surface area contributed by atoms with Crippen molar-refractivity contribution in [3.05, 3.63) is 78.6 Å². The topological polar surface area (TPSA) is 39.2 Å². The normalized spacial score (nSPS) is 18.6. The van der Waals surface area contributed by atoms with Crippen LogP contribution in [0.5, 0.6) is 5.75 Å². The molecule has 1 aliphatic rings. The summed E-state index contributed by atoms with van der Waals surface area (Å²) in [5.74, 6) is 0.704. The van der Waals surface area contributed by atoms with Crippen molar-refractivity contribution >= 4 is 12.7 Å². The Kier molecular flexibility index (Phi) is 3.51. The fourth-order valence-corrected chi connectivity index (χ4v) is 5.26. The molecule has 1 aliphatic heterocycles. The standard InChI is InChI=1S/C19H16NO2P/c21-23(14-12-15-7-5-6-13-20-15)19-11-4-2-9-17(19)16-8-1-3-10-18(16)22-23/h1-11,13H,12,14H2. The van der Waals surface area contributed by atoms with Gasteiger partial charge in [-0.2, -0.15) is 0 Å². The van der Waals surface area contributed by atoms with Gasteiger partial charge < -0.3 is 4.52 Å². The number of para-hydroxylation sites is 1. The molecule has 0 saturated carbocycles. The Morgan fingerprint density at radius 2 is 1.61 bits per heavy atom. The van der Waals surface area contributed by atoms with Crippen LogP contribution < -0.4 is 9.83 Å². The number of hydrogen-bond acceptors (Lipinski definition) is 3. The summed E-state index contributed by atoms with van der Waals surface area (Å²) in [5.41, 5.74) is 2.95. The number of nitrogens with zero attached hydrogens (tertiary/aromatic N) is 1. The first-order valence-corrected chi connectivity index (χ1v) is 9.45. The molecule has 2 heterocycles. The predicted octanol–water partition coefficient (Wildman–Crippen LogP) is 4.29. The van der Waals surface area contributed by atoms with Crippen LogP contribution in [0.3, 0.4) is 0 Å². The molecular weight excluding hydrogens is 305 g/mol. The van der Waals surface area contributed by atoms with E-state index in [4.69, 9.17) is 4.52 Å². The quantitative estimate of drug-likeness (QED) is 0.676. The highest BCUT2D eigenvalue weighted by Gasteiger charge is 2.35. The second-order valence-electron chi connectivity index (χ2n) is 5.57. The highest BCUT2D eigenvalue weighted by atomic mass is 31.2. The number of rotatable bonds is 3. The lowest BCUT2D eigenvalue weighted by Gasteiger charge is -2.28. The number of aryl methyl sites for hydroxylation is 1. The van der Waals surface area contributed by atoms with Gasteiger partial charge in [0.25, 0.3) is 7.37 Å². The second kappa shape index (κ2) is 5.68. The minimum absolute atomic E-state index is 0.454. The van der Waals surface area contributed by atoms with E-state index in [9.17, 15) is 4.57 Å². The summed E-state index contributed by atoms with van der Waals surface area (Å²) in [7, 11) is -2.94. The van der Waals surface area contributed by atoms with Gasteiger partial charge in [-0.25, -0.2) is 0 Å². The SMILES string of the molecule is O=P1(CCc2ccccn2)Oc2ccccc2-c2ccccc21. The maximum atomic E-state index is 13.5. The molecular formula is C19H16NO2P. The third kappa shape index (κ3) is 2.58. The molecule has 114 valence electrons. The molecule has 0 fully saturated rings. The van der Waals surface area contributed by atoms with Crippen molar-refractivity contribution < 1.29 is 9.09 Å². The maximum Gasteiger partial charge on any atom is 0.278 e. The fourth-order valence-electron chi connectivity index (χ4n) is 2.95. The van der Waals surface area contributed by atoms with Crippen molar-refractivity contribution in [1.29, 1.82) is 0 Å². The molecule has 1 unspecified atom stereocenters. The van der Waals surface area contributed by atoms with Crippen molar-refractivity contribution in [1.82, 2.24) is 4.98 Å². The van der Waals surface area contributed by atoms with Crippen LogP contribution in [-0.2, 0) is 11.0 Å². The van der Waals surface area contributed by atoms with Crippen molar-refractivity contribution in [3.8, 4) is 16.9 Å². The Bertz CT molecular complexity index is 893. The van der Waals surface area contributed by atoms with E-state index in [-0.39, 0.29) is 0 Å². The van der Waals surface area contributed by atoms with Gasteiger partial charge in [0.2, 0.25) is 0 Å². The van der Waals surface area contributed by atoms with E-state index >= 15 is 0 Å². The smallest absolute Gasteiger partial charge is 0.278 e. The van der Waals surface area contributed by atoms with Gasteiger partial charge in [-0.1, -0.05) is 42.5 Å². The molecule has 0 radical (unpaired) electrons. The van der Waals surface area contributed by atoms with Gasteiger partial charge in [0.15, 0.2) is 0 Å². The van der Waals surface area contributed by atoms with Crippen molar-refractivity contribution in [2.75, 3.05) is 6.16 Å². The number of hydrogen-bond donors (Lipinski definition) is 0. The molecule has 3 nitrogen and oxygen atoms in total. The van der Waals surface area contributed by atoms with Gasteiger partial charge in [0, 0.05) is 23.6 Å². The highest BCUT2D eigenvalue weighted by Crippen LogP contribution is 2.54. The Morgan fingerprint density at radius 1 is 0.870 bits per heavy atom. The fraction of sp³-hybridized carbons (Fsp3) is 0.105. The molecule has 0 bridgehead atoms. The van der Waals surface area contributed by atoms with E-state index < -0.39 is 7.37 Å². The first kappa shape index (κ1) is 14.2. The van der Waals surface area contributed by atoms with E-state index in [1.165, 1.54) is 0 Å². The lowest BCUT2D eigenvalue weighted by Crippen LogP contribution is -2.20. The molecule has 2 aromatic carbocycles. The molecule has 0 aliphatic carbocycles. The Labute approximate surface area is 135 Å². The summed E-state index contributed by atoms with van der Waals surface area (Å²) in [4.78, 5) is 4.32. The highest BCUT2D eigenvalue weighted by molar-refractivity contribution is 7.67. The zero-order valence-electron chi connectivity index (χ0n) is 12.6. The maximum absolute atomic E-state index is 13.5. The monoisotopic (exact) mass is 321 g/mol. The van der Waals surface area contributed by atoms with E-state index in [0.29, 0.717) is 18.3 Å². The van der Waals surface area contributed by atoms with Crippen LogP contribution in [0.2, 0.25) is 0 Å². The van der Waals surface area contributed by atoms with E-state index in [1.54, 1.807) is 6.20 Å². The van der Waals surface area contributed by atoms with Gasteiger partial charge in [-0.3, -0.25) is 9.55 Å². The largest absolute Gasteiger partial charge is 0.439 e. The van der Waals surface area contributed by atoms with Crippen LogP contribution in [-0.4, -0.2) is 11.1 Å².